The highest BCUT2D eigenvalue weighted by molar-refractivity contribution is 5.87. The fourth-order valence-corrected chi connectivity index (χ4v) is 2.61. The van der Waals surface area contributed by atoms with E-state index in [4.69, 9.17) is 0 Å². The maximum atomic E-state index is 12.5. The highest BCUT2D eigenvalue weighted by atomic mass is 16.3. The van der Waals surface area contributed by atoms with Crippen LogP contribution in [-0.4, -0.2) is 23.2 Å². The molecule has 104 valence electrons. The molecule has 19 heavy (non-hydrogen) atoms. The standard InChI is InChI=1S/C16H23NO2/c1-16(2,12-8-4-3-5-9-12)15(19)17-13-10-6-7-11-14(13)18/h3-5,8-9,13-14,18H,6-7,10-11H2,1-2H3,(H,17,19). The Labute approximate surface area is 115 Å². The van der Waals surface area contributed by atoms with Gasteiger partial charge < -0.3 is 10.4 Å². The Balaban J connectivity index is 2.06. The summed E-state index contributed by atoms with van der Waals surface area (Å²) in [5, 5.41) is 13.0. The molecular formula is C16H23NO2. The number of benzene rings is 1. The smallest absolute Gasteiger partial charge is 0.230 e. The first-order chi connectivity index (χ1) is 9.01. The summed E-state index contributed by atoms with van der Waals surface area (Å²) >= 11 is 0. The Bertz CT molecular complexity index is 428. The highest BCUT2D eigenvalue weighted by Gasteiger charge is 2.33. The van der Waals surface area contributed by atoms with Crippen molar-refractivity contribution in [3.8, 4) is 0 Å². The molecule has 0 bridgehead atoms. The predicted octanol–water partition coefficient (Wildman–Crippen LogP) is 2.38. The van der Waals surface area contributed by atoms with Crippen LogP contribution in [0, 0.1) is 0 Å². The van der Waals surface area contributed by atoms with Gasteiger partial charge >= 0.3 is 0 Å². The van der Waals surface area contributed by atoms with Crippen molar-refractivity contribution < 1.29 is 9.90 Å². The second-order valence-electron chi connectivity index (χ2n) is 5.92. The highest BCUT2D eigenvalue weighted by Crippen LogP contribution is 2.25. The number of hydrogen-bond donors (Lipinski definition) is 2. The first kappa shape index (κ1) is 14.1. The van der Waals surface area contributed by atoms with Crippen molar-refractivity contribution in [3.05, 3.63) is 35.9 Å². The van der Waals surface area contributed by atoms with Gasteiger partial charge in [-0.05, 0) is 32.3 Å². The molecule has 0 radical (unpaired) electrons. The van der Waals surface area contributed by atoms with Crippen LogP contribution in [-0.2, 0) is 10.2 Å². The van der Waals surface area contributed by atoms with Crippen LogP contribution < -0.4 is 5.32 Å². The summed E-state index contributed by atoms with van der Waals surface area (Å²) in [6.45, 7) is 3.85. The largest absolute Gasteiger partial charge is 0.391 e. The fourth-order valence-electron chi connectivity index (χ4n) is 2.61. The molecule has 1 saturated carbocycles. The average molecular weight is 261 g/mol. The van der Waals surface area contributed by atoms with Crippen molar-refractivity contribution in [2.45, 2.75) is 57.1 Å². The summed E-state index contributed by atoms with van der Waals surface area (Å²) in [5.74, 6) is -0.00958. The quantitative estimate of drug-likeness (QED) is 0.877. The van der Waals surface area contributed by atoms with E-state index < -0.39 is 11.5 Å². The minimum Gasteiger partial charge on any atom is -0.391 e. The Morgan fingerprint density at radius 1 is 1.21 bits per heavy atom. The summed E-state index contributed by atoms with van der Waals surface area (Å²) in [7, 11) is 0. The van der Waals surface area contributed by atoms with Crippen molar-refractivity contribution in [2.24, 2.45) is 0 Å². The van der Waals surface area contributed by atoms with Crippen LogP contribution >= 0.6 is 0 Å². The van der Waals surface area contributed by atoms with E-state index >= 15 is 0 Å². The number of aliphatic hydroxyl groups is 1. The van der Waals surface area contributed by atoms with Crippen LogP contribution in [0.15, 0.2) is 30.3 Å². The maximum absolute atomic E-state index is 12.5. The lowest BCUT2D eigenvalue weighted by Crippen LogP contribution is -2.50. The van der Waals surface area contributed by atoms with Gasteiger partial charge in [0.15, 0.2) is 0 Å². The molecule has 0 aliphatic heterocycles. The molecule has 2 rings (SSSR count). The molecule has 0 saturated heterocycles. The number of carbonyl (C=O) groups is 1. The van der Waals surface area contributed by atoms with Crippen LogP contribution in [0.2, 0.25) is 0 Å². The second-order valence-corrected chi connectivity index (χ2v) is 5.92. The van der Waals surface area contributed by atoms with E-state index in [0.717, 1.165) is 31.2 Å². The van der Waals surface area contributed by atoms with Crippen LogP contribution in [0.4, 0.5) is 0 Å². The van der Waals surface area contributed by atoms with Crippen molar-refractivity contribution in [1.82, 2.24) is 5.32 Å². The third-order valence-corrected chi connectivity index (χ3v) is 4.11. The van der Waals surface area contributed by atoms with Crippen LogP contribution in [0.5, 0.6) is 0 Å². The van der Waals surface area contributed by atoms with Gasteiger partial charge in [-0.1, -0.05) is 43.2 Å². The molecule has 1 aromatic carbocycles. The third-order valence-electron chi connectivity index (χ3n) is 4.11. The Hall–Kier alpha value is -1.35. The first-order valence-corrected chi connectivity index (χ1v) is 7.06. The normalized spacial score (nSPS) is 23.9. The molecule has 1 fully saturated rings. The van der Waals surface area contributed by atoms with E-state index in [1.54, 1.807) is 0 Å². The number of amides is 1. The summed E-state index contributed by atoms with van der Waals surface area (Å²) < 4.78 is 0. The molecule has 0 aromatic heterocycles. The molecule has 3 heteroatoms. The average Bonchev–Trinajstić information content (AvgIpc) is 2.42. The molecule has 1 amide bonds. The topological polar surface area (TPSA) is 49.3 Å². The van der Waals surface area contributed by atoms with Crippen LogP contribution in [0.1, 0.15) is 45.1 Å². The molecular weight excluding hydrogens is 238 g/mol. The zero-order valence-corrected chi connectivity index (χ0v) is 11.7. The van der Waals surface area contributed by atoms with Gasteiger partial charge in [0.1, 0.15) is 0 Å². The Kier molecular flexibility index (Phi) is 4.25. The molecule has 2 unspecified atom stereocenters. The number of aliphatic hydroxyl groups excluding tert-OH is 1. The number of carbonyl (C=O) groups excluding carboxylic acids is 1. The number of nitrogens with one attached hydrogen (secondary N) is 1. The van der Waals surface area contributed by atoms with Gasteiger partial charge in [0.2, 0.25) is 5.91 Å². The van der Waals surface area contributed by atoms with Gasteiger partial charge in [-0.3, -0.25) is 4.79 Å². The van der Waals surface area contributed by atoms with E-state index in [2.05, 4.69) is 5.32 Å². The molecule has 1 aliphatic rings. The predicted molar refractivity (Wildman–Crippen MR) is 75.9 cm³/mol. The summed E-state index contributed by atoms with van der Waals surface area (Å²) in [6, 6.07) is 9.68. The molecule has 2 atom stereocenters. The van der Waals surface area contributed by atoms with Crippen LogP contribution in [0.3, 0.4) is 0 Å². The minimum absolute atomic E-state index is 0.00958. The van der Waals surface area contributed by atoms with Crippen molar-refractivity contribution >= 4 is 5.91 Å². The summed E-state index contributed by atoms with van der Waals surface area (Å²) in [5.41, 5.74) is 0.427. The van der Waals surface area contributed by atoms with E-state index in [9.17, 15) is 9.90 Å². The Morgan fingerprint density at radius 2 is 1.84 bits per heavy atom. The zero-order valence-electron chi connectivity index (χ0n) is 11.7. The van der Waals surface area contributed by atoms with E-state index in [1.807, 2.05) is 44.2 Å². The maximum Gasteiger partial charge on any atom is 0.230 e. The first-order valence-electron chi connectivity index (χ1n) is 7.06. The van der Waals surface area contributed by atoms with E-state index in [0.29, 0.717) is 0 Å². The molecule has 0 heterocycles. The number of hydrogen-bond acceptors (Lipinski definition) is 2. The SMILES string of the molecule is CC(C)(C(=O)NC1CCCCC1O)c1ccccc1. The van der Waals surface area contributed by atoms with Gasteiger partial charge in [0, 0.05) is 0 Å². The summed E-state index contributed by atoms with van der Waals surface area (Å²) in [6.07, 6.45) is 3.39. The monoisotopic (exact) mass is 261 g/mol. The molecule has 0 spiro atoms. The lowest BCUT2D eigenvalue weighted by molar-refractivity contribution is -0.127. The van der Waals surface area contributed by atoms with Gasteiger partial charge in [0.05, 0.1) is 17.6 Å². The molecule has 1 aromatic rings. The summed E-state index contributed by atoms with van der Waals surface area (Å²) in [4.78, 5) is 12.5. The van der Waals surface area contributed by atoms with Gasteiger partial charge in [-0.15, -0.1) is 0 Å². The van der Waals surface area contributed by atoms with E-state index in [-0.39, 0.29) is 11.9 Å². The van der Waals surface area contributed by atoms with Crippen molar-refractivity contribution in [3.63, 3.8) is 0 Å². The third kappa shape index (κ3) is 3.16. The van der Waals surface area contributed by atoms with Gasteiger partial charge in [0.25, 0.3) is 0 Å². The Morgan fingerprint density at radius 3 is 2.47 bits per heavy atom. The lowest BCUT2D eigenvalue weighted by Gasteiger charge is -2.32. The fraction of sp³-hybridized carbons (Fsp3) is 0.562. The van der Waals surface area contributed by atoms with E-state index in [1.165, 1.54) is 0 Å². The lowest BCUT2D eigenvalue weighted by atomic mass is 9.82. The van der Waals surface area contributed by atoms with Crippen LogP contribution in [0.25, 0.3) is 0 Å². The van der Waals surface area contributed by atoms with Crippen molar-refractivity contribution in [2.75, 3.05) is 0 Å². The molecule has 2 N–H and O–H groups in total. The molecule has 1 aliphatic carbocycles. The minimum atomic E-state index is -0.571. The number of rotatable bonds is 3. The second kappa shape index (κ2) is 5.74. The van der Waals surface area contributed by atoms with Gasteiger partial charge in [-0.2, -0.15) is 0 Å². The molecule has 3 nitrogen and oxygen atoms in total. The van der Waals surface area contributed by atoms with Gasteiger partial charge in [-0.25, -0.2) is 0 Å². The van der Waals surface area contributed by atoms with Crippen molar-refractivity contribution in [1.29, 1.82) is 0 Å². The zero-order chi connectivity index (χ0) is 13.9.